The number of nitrogens with zero attached hydrogens (tertiary/aromatic N) is 1. The fourth-order valence-electron chi connectivity index (χ4n) is 2.60. The molecule has 0 saturated heterocycles. The highest BCUT2D eigenvalue weighted by Gasteiger charge is 2.34. The number of allylic oxidation sites excluding steroid dienone is 1. The Morgan fingerprint density at radius 2 is 1.82 bits per heavy atom. The van der Waals surface area contributed by atoms with E-state index in [-0.39, 0.29) is 0 Å². The van der Waals surface area contributed by atoms with Crippen molar-refractivity contribution in [1.29, 1.82) is 0 Å². The summed E-state index contributed by atoms with van der Waals surface area (Å²) in [6.07, 6.45) is 4.35. The van der Waals surface area contributed by atoms with Gasteiger partial charge in [-0.05, 0) is 26.9 Å². The van der Waals surface area contributed by atoms with E-state index in [1.807, 2.05) is 6.08 Å². The molecule has 0 spiro atoms. The predicted molar refractivity (Wildman–Crippen MR) is 80.5 cm³/mol. The molecule has 0 aliphatic carbocycles. The first-order valence-corrected chi connectivity index (χ1v) is 9.40. The van der Waals surface area contributed by atoms with Gasteiger partial charge in [0.05, 0.1) is 8.07 Å². The van der Waals surface area contributed by atoms with E-state index in [2.05, 4.69) is 69.0 Å². The lowest BCUT2D eigenvalue weighted by molar-refractivity contribution is 0.351. The normalized spacial score (nSPS) is 13.7. The van der Waals surface area contributed by atoms with Gasteiger partial charge in [0, 0.05) is 5.67 Å². The molecule has 0 aromatic heterocycles. The fourth-order valence-corrected chi connectivity index (χ4v) is 6.22. The predicted octanol–water partition coefficient (Wildman–Crippen LogP) is 3.04. The molecule has 17 heavy (non-hydrogen) atoms. The highest BCUT2D eigenvalue weighted by Crippen LogP contribution is 2.18. The van der Waals surface area contributed by atoms with E-state index in [0.29, 0.717) is 5.67 Å². The van der Waals surface area contributed by atoms with Crippen LogP contribution >= 0.6 is 0 Å². The summed E-state index contributed by atoms with van der Waals surface area (Å²) in [6, 6.07) is 11.0. The molecule has 1 rings (SSSR count). The molecule has 0 saturated carbocycles. The summed E-state index contributed by atoms with van der Waals surface area (Å²) in [6.45, 7) is 8.78. The van der Waals surface area contributed by atoms with Gasteiger partial charge in [0.25, 0.3) is 0 Å². The van der Waals surface area contributed by atoms with Gasteiger partial charge in [-0.25, -0.2) is 0 Å². The molecule has 94 valence electrons. The van der Waals surface area contributed by atoms with Crippen molar-refractivity contribution in [1.82, 2.24) is 4.90 Å². The molecule has 0 aliphatic rings. The van der Waals surface area contributed by atoms with Crippen molar-refractivity contribution >= 4 is 13.3 Å². The zero-order chi connectivity index (χ0) is 12.9. The third kappa shape index (κ3) is 3.55. The zero-order valence-electron chi connectivity index (χ0n) is 11.6. The smallest absolute Gasteiger partial charge is 0.0986 e. The van der Waals surface area contributed by atoms with E-state index in [1.165, 1.54) is 6.42 Å². The number of benzene rings is 1. The Labute approximate surface area is 107 Å². The van der Waals surface area contributed by atoms with Crippen molar-refractivity contribution in [2.45, 2.75) is 31.6 Å². The van der Waals surface area contributed by atoms with Crippen LogP contribution in [0.1, 0.15) is 12.8 Å². The van der Waals surface area contributed by atoms with Crippen LogP contribution in [0.3, 0.4) is 0 Å². The highest BCUT2D eigenvalue weighted by atomic mass is 28.3. The SMILES string of the molecule is C=CCCC(N(C)C)[Si](C)(C)c1ccccc1. The second-order valence-corrected chi connectivity index (χ2v) is 10.1. The van der Waals surface area contributed by atoms with Gasteiger partial charge >= 0.3 is 0 Å². The standard InChI is InChI=1S/C15H25NSi/c1-6-7-13-15(16(2)3)17(4,5)14-11-9-8-10-12-14/h6,8-12,15H,1,7,13H2,2-5H3. The monoisotopic (exact) mass is 247 g/mol. The van der Waals surface area contributed by atoms with Crippen LogP contribution in [0.2, 0.25) is 13.1 Å². The molecule has 1 aromatic rings. The maximum atomic E-state index is 3.84. The van der Waals surface area contributed by atoms with Gasteiger partial charge in [0.1, 0.15) is 0 Å². The van der Waals surface area contributed by atoms with E-state index < -0.39 is 8.07 Å². The van der Waals surface area contributed by atoms with Crippen LogP contribution in [0.25, 0.3) is 0 Å². The third-order valence-electron chi connectivity index (χ3n) is 3.62. The van der Waals surface area contributed by atoms with E-state index in [9.17, 15) is 0 Å². The lowest BCUT2D eigenvalue weighted by Gasteiger charge is -2.37. The summed E-state index contributed by atoms with van der Waals surface area (Å²) in [4.78, 5) is 2.39. The second kappa shape index (κ2) is 6.17. The number of rotatable bonds is 6. The van der Waals surface area contributed by atoms with Crippen LogP contribution in [0.5, 0.6) is 0 Å². The van der Waals surface area contributed by atoms with Crippen molar-refractivity contribution in [3.05, 3.63) is 43.0 Å². The van der Waals surface area contributed by atoms with Gasteiger partial charge in [-0.15, -0.1) is 6.58 Å². The second-order valence-electron chi connectivity index (χ2n) is 5.43. The maximum absolute atomic E-state index is 3.84. The lowest BCUT2D eigenvalue weighted by Crippen LogP contribution is -2.58. The van der Waals surface area contributed by atoms with E-state index >= 15 is 0 Å². The first-order chi connectivity index (χ1) is 8.00. The average molecular weight is 247 g/mol. The average Bonchev–Trinajstić information content (AvgIpc) is 2.30. The maximum Gasteiger partial charge on any atom is 0.0986 e. The molecule has 1 nitrogen and oxygen atoms in total. The van der Waals surface area contributed by atoms with Crippen molar-refractivity contribution < 1.29 is 0 Å². The lowest BCUT2D eigenvalue weighted by atomic mass is 10.3. The molecule has 1 unspecified atom stereocenters. The minimum atomic E-state index is -1.43. The van der Waals surface area contributed by atoms with Crippen LogP contribution in [0.4, 0.5) is 0 Å². The van der Waals surface area contributed by atoms with Crippen molar-refractivity contribution in [3.63, 3.8) is 0 Å². The van der Waals surface area contributed by atoms with Gasteiger partial charge in [-0.3, -0.25) is 0 Å². The zero-order valence-corrected chi connectivity index (χ0v) is 12.6. The molecule has 0 aliphatic heterocycles. The van der Waals surface area contributed by atoms with Crippen LogP contribution in [0.15, 0.2) is 43.0 Å². The molecule has 0 amide bonds. The summed E-state index contributed by atoms with van der Waals surface area (Å²) in [5.74, 6) is 0. The van der Waals surface area contributed by atoms with Crippen molar-refractivity contribution in [3.8, 4) is 0 Å². The van der Waals surface area contributed by atoms with Gasteiger partial charge < -0.3 is 4.90 Å². The van der Waals surface area contributed by atoms with Crippen LogP contribution in [-0.4, -0.2) is 32.7 Å². The van der Waals surface area contributed by atoms with Gasteiger partial charge in [-0.1, -0.05) is 54.7 Å². The molecule has 0 heterocycles. The highest BCUT2D eigenvalue weighted by molar-refractivity contribution is 6.91. The quantitative estimate of drug-likeness (QED) is 0.552. The summed E-state index contributed by atoms with van der Waals surface area (Å²) < 4.78 is 0. The van der Waals surface area contributed by atoms with Crippen molar-refractivity contribution in [2.75, 3.05) is 14.1 Å². The minimum absolute atomic E-state index is 0.669. The Hall–Kier alpha value is -0.863. The first-order valence-electron chi connectivity index (χ1n) is 6.33. The summed E-state index contributed by atoms with van der Waals surface area (Å²) in [5.41, 5.74) is 0.669. The van der Waals surface area contributed by atoms with E-state index in [0.717, 1.165) is 6.42 Å². The topological polar surface area (TPSA) is 3.24 Å². The molecule has 0 N–H and O–H groups in total. The molecule has 0 radical (unpaired) electrons. The molecule has 2 heteroatoms. The molecule has 1 aromatic carbocycles. The Kier molecular flexibility index (Phi) is 5.16. The summed E-state index contributed by atoms with van der Waals surface area (Å²) in [5, 5.41) is 1.54. The van der Waals surface area contributed by atoms with E-state index in [1.54, 1.807) is 5.19 Å². The van der Waals surface area contributed by atoms with Gasteiger partial charge in [0.15, 0.2) is 0 Å². The van der Waals surface area contributed by atoms with E-state index in [4.69, 9.17) is 0 Å². The number of hydrogen-bond acceptors (Lipinski definition) is 1. The summed E-state index contributed by atoms with van der Waals surface area (Å²) >= 11 is 0. The fraction of sp³-hybridized carbons (Fsp3) is 0.467. The Balaban J connectivity index is 2.95. The molecular weight excluding hydrogens is 222 g/mol. The Morgan fingerprint density at radius 1 is 1.24 bits per heavy atom. The first kappa shape index (κ1) is 14.2. The molecule has 1 atom stereocenters. The molecule has 0 bridgehead atoms. The third-order valence-corrected chi connectivity index (χ3v) is 7.91. The summed E-state index contributed by atoms with van der Waals surface area (Å²) in [7, 11) is 2.97. The van der Waals surface area contributed by atoms with Crippen LogP contribution < -0.4 is 5.19 Å². The largest absolute Gasteiger partial charge is 0.309 e. The Morgan fingerprint density at radius 3 is 2.29 bits per heavy atom. The Bertz CT molecular complexity index is 343. The van der Waals surface area contributed by atoms with Crippen LogP contribution in [-0.2, 0) is 0 Å². The van der Waals surface area contributed by atoms with Crippen LogP contribution in [0, 0.1) is 0 Å². The van der Waals surface area contributed by atoms with Gasteiger partial charge in [0.2, 0.25) is 0 Å². The number of hydrogen-bond donors (Lipinski definition) is 0. The van der Waals surface area contributed by atoms with Crippen molar-refractivity contribution in [2.24, 2.45) is 0 Å². The molecule has 0 fully saturated rings. The molecular formula is C15H25NSi. The van der Waals surface area contributed by atoms with Gasteiger partial charge in [-0.2, -0.15) is 0 Å². The minimum Gasteiger partial charge on any atom is -0.309 e.